The second-order valence-electron chi connectivity index (χ2n) is 5.15. The zero-order valence-electron chi connectivity index (χ0n) is 13.2. The molecule has 0 spiro atoms. The third kappa shape index (κ3) is 5.00. The van der Waals surface area contributed by atoms with Gasteiger partial charge in [-0.2, -0.15) is 0 Å². The van der Waals surface area contributed by atoms with E-state index in [0.29, 0.717) is 0 Å². The smallest absolute Gasteiger partial charge is 0.308 e. The van der Waals surface area contributed by atoms with Crippen LogP contribution in [0, 0.1) is 5.92 Å². The minimum atomic E-state index is -0.0860. The van der Waals surface area contributed by atoms with E-state index in [2.05, 4.69) is 34.1 Å². The van der Waals surface area contributed by atoms with Crippen molar-refractivity contribution in [2.45, 2.75) is 19.8 Å². The SMILES string of the molecule is CCN(C)CCNC(=NC)N1CCC(C(=O)OC)CC1. The van der Waals surface area contributed by atoms with Crippen molar-refractivity contribution in [1.29, 1.82) is 0 Å². The average Bonchev–Trinajstić information content (AvgIpc) is 2.50. The molecule has 116 valence electrons. The maximum absolute atomic E-state index is 11.5. The minimum Gasteiger partial charge on any atom is -0.469 e. The van der Waals surface area contributed by atoms with E-state index in [1.54, 1.807) is 7.05 Å². The molecule has 1 heterocycles. The van der Waals surface area contributed by atoms with Crippen molar-refractivity contribution in [3.05, 3.63) is 0 Å². The molecule has 6 heteroatoms. The third-order valence-electron chi connectivity index (χ3n) is 3.86. The number of ether oxygens (including phenoxy) is 1. The van der Waals surface area contributed by atoms with Gasteiger partial charge in [0.2, 0.25) is 0 Å². The first kappa shape index (κ1) is 16.8. The van der Waals surface area contributed by atoms with Gasteiger partial charge in [0.1, 0.15) is 0 Å². The second-order valence-corrected chi connectivity index (χ2v) is 5.15. The molecule has 20 heavy (non-hydrogen) atoms. The number of aliphatic imine (C=N–C) groups is 1. The summed E-state index contributed by atoms with van der Waals surface area (Å²) in [4.78, 5) is 20.3. The lowest BCUT2D eigenvalue weighted by molar-refractivity contribution is -0.146. The van der Waals surface area contributed by atoms with Crippen LogP contribution >= 0.6 is 0 Å². The largest absolute Gasteiger partial charge is 0.469 e. The number of hydrogen-bond donors (Lipinski definition) is 1. The molecule has 1 aliphatic rings. The lowest BCUT2D eigenvalue weighted by atomic mass is 9.97. The summed E-state index contributed by atoms with van der Waals surface area (Å²) in [5.74, 6) is 0.885. The summed E-state index contributed by atoms with van der Waals surface area (Å²) < 4.78 is 4.81. The number of likely N-dealkylation sites (tertiary alicyclic amines) is 1. The van der Waals surface area contributed by atoms with Gasteiger partial charge in [-0.15, -0.1) is 0 Å². The summed E-state index contributed by atoms with van der Waals surface area (Å²) in [5.41, 5.74) is 0. The Morgan fingerprint density at radius 1 is 1.45 bits per heavy atom. The topological polar surface area (TPSA) is 57.2 Å². The maximum atomic E-state index is 11.5. The van der Waals surface area contributed by atoms with E-state index < -0.39 is 0 Å². The Morgan fingerprint density at radius 3 is 2.60 bits per heavy atom. The fraction of sp³-hybridized carbons (Fsp3) is 0.857. The first-order chi connectivity index (χ1) is 9.62. The van der Waals surface area contributed by atoms with Crippen LogP contribution in [0.1, 0.15) is 19.8 Å². The van der Waals surface area contributed by atoms with Crippen LogP contribution in [-0.2, 0) is 9.53 Å². The number of carbonyl (C=O) groups is 1. The summed E-state index contributed by atoms with van der Waals surface area (Å²) in [6.45, 7) is 6.77. The van der Waals surface area contributed by atoms with E-state index in [0.717, 1.165) is 51.5 Å². The molecule has 0 radical (unpaired) electrons. The number of carbonyl (C=O) groups excluding carboxylic acids is 1. The Balaban J connectivity index is 2.36. The van der Waals surface area contributed by atoms with Crippen LogP contribution in [0.3, 0.4) is 0 Å². The van der Waals surface area contributed by atoms with Crippen molar-refractivity contribution in [3.8, 4) is 0 Å². The molecule has 1 fully saturated rings. The lowest BCUT2D eigenvalue weighted by Gasteiger charge is -2.33. The molecule has 0 aliphatic carbocycles. The average molecular weight is 284 g/mol. The summed E-state index contributed by atoms with van der Waals surface area (Å²) in [7, 11) is 5.37. The molecule has 6 nitrogen and oxygen atoms in total. The van der Waals surface area contributed by atoms with E-state index in [1.807, 2.05) is 0 Å². The quantitative estimate of drug-likeness (QED) is 0.450. The van der Waals surface area contributed by atoms with Crippen molar-refractivity contribution >= 4 is 11.9 Å². The number of esters is 1. The van der Waals surface area contributed by atoms with Gasteiger partial charge in [-0.25, -0.2) is 0 Å². The molecule has 0 aromatic carbocycles. The first-order valence-electron chi connectivity index (χ1n) is 7.34. The summed E-state index contributed by atoms with van der Waals surface area (Å²) in [5, 5.41) is 3.38. The Hall–Kier alpha value is -1.30. The third-order valence-corrected chi connectivity index (χ3v) is 3.86. The monoisotopic (exact) mass is 284 g/mol. The van der Waals surface area contributed by atoms with E-state index in [4.69, 9.17) is 4.74 Å². The van der Waals surface area contributed by atoms with Gasteiger partial charge in [-0.05, 0) is 26.4 Å². The molecule has 1 rings (SSSR count). The summed E-state index contributed by atoms with van der Waals surface area (Å²) in [6, 6.07) is 0. The Kier molecular flexibility index (Phi) is 7.36. The molecule has 0 atom stereocenters. The van der Waals surface area contributed by atoms with Crippen molar-refractivity contribution in [1.82, 2.24) is 15.1 Å². The normalized spacial score (nSPS) is 17.4. The lowest BCUT2D eigenvalue weighted by Crippen LogP contribution is -2.48. The molecule has 0 aromatic rings. The highest BCUT2D eigenvalue weighted by atomic mass is 16.5. The zero-order valence-corrected chi connectivity index (χ0v) is 13.2. The molecule has 1 N–H and O–H groups in total. The zero-order chi connectivity index (χ0) is 15.0. The van der Waals surface area contributed by atoms with E-state index >= 15 is 0 Å². The molecule has 1 aliphatic heterocycles. The van der Waals surface area contributed by atoms with Crippen molar-refractivity contribution < 1.29 is 9.53 Å². The second kappa shape index (κ2) is 8.79. The number of methoxy groups -OCH3 is 1. The minimum absolute atomic E-state index is 0.0422. The van der Waals surface area contributed by atoms with Crippen LogP contribution in [0.5, 0.6) is 0 Å². The van der Waals surface area contributed by atoms with Gasteiger partial charge in [-0.1, -0.05) is 6.92 Å². The highest BCUT2D eigenvalue weighted by molar-refractivity contribution is 5.80. The Labute approximate surface area is 122 Å². The number of nitrogens with one attached hydrogen (secondary N) is 1. The van der Waals surface area contributed by atoms with Crippen LogP contribution in [0.25, 0.3) is 0 Å². The number of guanidine groups is 1. The predicted octanol–water partition coefficient (Wildman–Crippen LogP) is 0.399. The summed E-state index contributed by atoms with van der Waals surface area (Å²) >= 11 is 0. The van der Waals surface area contributed by atoms with Gasteiger partial charge >= 0.3 is 5.97 Å². The molecule has 0 saturated carbocycles. The fourth-order valence-electron chi connectivity index (χ4n) is 2.34. The molecular formula is C14H28N4O2. The predicted molar refractivity (Wildman–Crippen MR) is 80.8 cm³/mol. The van der Waals surface area contributed by atoms with Gasteiger partial charge in [-0.3, -0.25) is 9.79 Å². The number of nitrogens with zero attached hydrogens (tertiary/aromatic N) is 3. The fourth-order valence-corrected chi connectivity index (χ4v) is 2.34. The molecule has 1 saturated heterocycles. The van der Waals surface area contributed by atoms with Crippen LogP contribution in [0.4, 0.5) is 0 Å². The van der Waals surface area contributed by atoms with Crippen molar-refractivity contribution in [2.24, 2.45) is 10.9 Å². The van der Waals surface area contributed by atoms with Crippen LogP contribution in [-0.4, -0.2) is 75.7 Å². The van der Waals surface area contributed by atoms with Crippen LogP contribution < -0.4 is 5.32 Å². The molecular weight excluding hydrogens is 256 g/mol. The van der Waals surface area contributed by atoms with E-state index in [1.165, 1.54) is 7.11 Å². The van der Waals surface area contributed by atoms with Crippen LogP contribution in [0.15, 0.2) is 4.99 Å². The molecule has 0 bridgehead atoms. The van der Waals surface area contributed by atoms with Gasteiger partial charge in [0, 0.05) is 33.2 Å². The van der Waals surface area contributed by atoms with Gasteiger partial charge in [0.15, 0.2) is 5.96 Å². The van der Waals surface area contributed by atoms with E-state index in [9.17, 15) is 4.79 Å². The Bertz CT molecular complexity index is 325. The molecule has 0 unspecified atom stereocenters. The van der Waals surface area contributed by atoms with E-state index in [-0.39, 0.29) is 11.9 Å². The highest BCUT2D eigenvalue weighted by Crippen LogP contribution is 2.18. The molecule has 0 amide bonds. The number of hydrogen-bond acceptors (Lipinski definition) is 4. The molecule has 0 aromatic heterocycles. The standard InChI is InChI=1S/C14H28N4O2/c1-5-17(3)11-8-16-14(15-2)18-9-6-12(7-10-18)13(19)20-4/h12H,5-11H2,1-4H3,(H,15,16). The highest BCUT2D eigenvalue weighted by Gasteiger charge is 2.26. The number of rotatable bonds is 5. The van der Waals surface area contributed by atoms with Gasteiger partial charge < -0.3 is 19.9 Å². The number of piperidine rings is 1. The van der Waals surface area contributed by atoms with Gasteiger partial charge in [0.05, 0.1) is 13.0 Å². The number of likely N-dealkylation sites (N-methyl/N-ethyl adjacent to an activating group) is 1. The van der Waals surface area contributed by atoms with Crippen molar-refractivity contribution in [2.75, 3.05) is 53.9 Å². The maximum Gasteiger partial charge on any atom is 0.308 e. The summed E-state index contributed by atoms with van der Waals surface area (Å²) in [6.07, 6.45) is 1.67. The van der Waals surface area contributed by atoms with Crippen LogP contribution in [0.2, 0.25) is 0 Å². The van der Waals surface area contributed by atoms with Gasteiger partial charge in [0.25, 0.3) is 0 Å². The Morgan fingerprint density at radius 2 is 2.10 bits per heavy atom. The first-order valence-corrected chi connectivity index (χ1v) is 7.34. The van der Waals surface area contributed by atoms with Crippen molar-refractivity contribution in [3.63, 3.8) is 0 Å².